The summed E-state index contributed by atoms with van der Waals surface area (Å²) < 4.78 is 26.7. The summed E-state index contributed by atoms with van der Waals surface area (Å²) in [5.41, 5.74) is 3.54. The van der Waals surface area contributed by atoms with E-state index >= 15 is 0 Å². The molecule has 1 N–H and O–H groups in total. The van der Waals surface area contributed by atoms with Crippen LogP contribution in [0.2, 0.25) is 0 Å². The first kappa shape index (κ1) is 13.6. The molecule has 0 saturated heterocycles. The van der Waals surface area contributed by atoms with E-state index in [1.807, 2.05) is 50.2 Å². The first-order chi connectivity index (χ1) is 8.94. The van der Waals surface area contributed by atoms with Gasteiger partial charge in [0, 0.05) is 5.69 Å². The van der Waals surface area contributed by atoms with E-state index in [0.29, 0.717) is 5.69 Å². The Kier molecular flexibility index (Phi) is 3.90. The van der Waals surface area contributed by atoms with Crippen LogP contribution in [0.1, 0.15) is 16.7 Å². The molecule has 0 saturated carbocycles. The molecule has 0 aliphatic carbocycles. The Morgan fingerprint density at radius 1 is 0.947 bits per heavy atom. The van der Waals surface area contributed by atoms with Crippen molar-refractivity contribution in [3.63, 3.8) is 0 Å². The Morgan fingerprint density at radius 3 is 2.26 bits per heavy atom. The van der Waals surface area contributed by atoms with Gasteiger partial charge in [-0.1, -0.05) is 47.5 Å². The number of hydrogen-bond donors (Lipinski definition) is 1. The van der Waals surface area contributed by atoms with Crippen LogP contribution in [0.15, 0.2) is 48.5 Å². The zero-order valence-corrected chi connectivity index (χ0v) is 11.9. The molecule has 2 aromatic carbocycles. The molecule has 0 fully saturated rings. The van der Waals surface area contributed by atoms with Crippen molar-refractivity contribution in [2.75, 3.05) is 4.72 Å². The maximum absolute atomic E-state index is 12.1. The maximum atomic E-state index is 12.1. The van der Waals surface area contributed by atoms with Gasteiger partial charge < -0.3 is 0 Å². The highest BCUT2D eigenvalue weighted by molar-refractivity contribution is 7.91. The number of benzene rings is 2. The molecule has 0 spiro atoms. The van der Waals surface area contributed by atoms with Gasteiger partial charge in [0.25, 0.3) is 0 Å². The van der Waals surface area contributed by atoms with Gasteiger partial charge >= 0.3 is 0 Å². The average Bonchev–Trinajstić information content (AvgIpc) is 2.31. The van der Waals surface area contributed by atoms with Gasteiger partial charge in [0.1, 0.15) is 0 Å². The standard InChI is InChI=1S/C15H17NO2S/c1-12-6-8-15(9-7-12)16-19(17,18)11-14-5-3-4-13(2)10-14/h3-10,16H,11H2,1-2H3. The Morgan fingerprint density at radius 2 is 1.63 bits per heavy atom. The summed E-state index contributed by atoms with van der Waals surface area (Å²) in [7, 11) is -3.37. The van der Waals surface area contributed by atoms with E-state index in [9.17, 15) is 8.42 Å². The van der Waals surface area contributed by atoms with Crippen molar-refractivity contribution in [3.8, 4) is 0 Å². The highest BCUT2D eigenvalue weighted by atomic mass is 32.2. The molecule has 100 valence electrons. The summed E-state index contributed by atoms with van der Waals surface area (Å²) in [4.78, 5) is 0. The second-order valence-corrected chi connectivity index (χ2v) is 6.44. The van der Waals surface area contributed by atoms with Crippen molar-refractivity contribution in [1.29, 1.82) is 0 Å². The summed E-state index contributed by atoms with van der Waals surface area (Å²) in [5.74, 6) is -0.0114. The fourth-order valence-corrected chi connectivity index (χ4v) is 3.04. The summed E-state index contributed by atoms with van der Waals surface area (Å²) in [6.45, 7) is 3.91. The van der Waals surface area contributed by atoms with E-state index in [1.165, 1.54) is 0 Å². The smallest absolute Gasteiger partial charge is 0.236 e. The lowest BCUT2D eigenvalue weighted by atomic mass is 10.2. The zero-order valence-electron chi connectivity index (χ0n) is 11.1. The van der Waals surface area contributed by atoms with E-state index in [2.05, 4.69) is 4.72 Å². The third-order valence-corrected chi connectivity index (χ3v) is 4.02. The van der Waals surface area contributed by atoms with Gasteiger partial charge in [-0.2, -0.15) is 0 Å². The summed E-state index contributed by atoms with van der Waals surface area (Å²) >= 11 is 0. The van der Waals surface area contributed by atoms with Crippen molar-refractivity contribution in [2.24, 2.45) is 0 Å². The Hall–Kier alpha value is -1.81. The molecule has 0 aliphatic rings. The van der Waals surface area contributed by atoms with Crippen molar-refractivity contribution < 1.29 is 8.42 Å². The number of sulfonamides is 1. The Labute approximate surface area is 114 Å². The van der Waals surface area contributed by atoms with E-state index in [4.69, 9.17) is 0 Å². The predicted octanol–water partition coefficient (Wildman–Crippen LogP) is 3.25. The molecule has 2 rings (SSSR count). The fraction of sp³-hybridized carbons (Fsp3) is 0.200. The van der Waals surface area contributed by atoms with Crippen molar-refractivity contribution in [2.45, 2.75) is 19.6 Å². The van der Waals surface area contributed by atoms with Gasteiger partial charge in [0.15, 0.2) is 0 Å². The van der Waals surface area contributed by atoms with Crippen molar-refractivity contribution in [1.82, 2.24) is 0 Å². The summed E-state index contributed by atoms with van der Waals surface area (Å²) in [6.07, 6.45) is 0. The minimum absolute atomic E-state index is 0.0114. The van der Waals surface area contributed by atoms with Crippen LogP contribution in [-0.2, 0) is 15.8 Å². The molecular weight excluding hydrogens is 258 g/mol. The van der Waals surface area contributed by atoms with Crippen LogP contribution >= 0.6 is 0 Å². The fourth-order valence-electron chi connectivity index (χ4n) is 1.86. The third kappa shape index (κ3) is 4.10. The minimum Gasteiger partial charge on any atom is -0.283 e. The largest absolute Gasteiger partial charge is 0.283 e. The van der Waals surface area contributed by atoms with E-state index in [-0.39, 0.29) is 5.75 Å². The quantitative estimate of drug-likeness (QED) is 0.931. The molecule has 0 unspecified atom stereocenters. The molecule has 0 radical (unpaired) electrons. The molecule has 4 heteroatoms. The number of anilines is 1. The lowest BCUT2D eigenvalue weighted by molar-refractivity contribution is 0.600. The molecule has 0 aliphatic heterocycles. The van der Waals surface area contributed by atoms with Crippen LogP contribution in [0.5, 0.6) is 0 Å². The monoisotopic (exact) mass is 275 g/mol. The topological polar surface area (TPSA) is 46.2 Å². The van der Waals surface area contributed by atoms with Crippen molar-refractivity contribution in [3.05, 3.63) is 65.2 Å². The Balaban J connectivity index is 2.13. The molecule has 0 atom stereocenters. The molecule has 19 heavy (non-hydrogen) atoms. The highest BCUT2D eigenvalue weighted by Gasteiger charge is 2.11. The van der Waals surface area contributed by atoms with Crippen LogP contribution in [0.4, 0.5) is 5.69 Å². The maximum Gasteiger partial charge on any atom is 0.236 e. The molecule has 0 heterocycles. The molecule has 0 amide bonds. The van der Waals surface area contributed by atoms with Gasteiger partial charge in [-0.15, -0.1) is 0 Å². The number of hydrogen-bond acceptors (Lipinski definition) is 2. The second kappa shape index (κ2) is 5.45. The van der Waals surface area contributed by atoms with E-state index < -0.39 is 10.0 Å². The highest BCUT2D eigenvalue weighted by Crippen LogP contribution is 2.14. The van der Waals surface area contributed by atoms with Gasteiger partial charge in [0.2, 0.25) is 10.0 Å². The normalized spacial score (nSPS) is 11.3. The number of rotatable bonds is 4. The zero-order chi connectivity index (χ0) is 13.9. The lowest BCUT2D eigenvalue weighted by Crippen LogP contribution is -2.15. The first-order valence-corrected chi connectivity index (χ1v) is 7.72. The van der Waals surface area contributed by atoms with Crippen LogP contribution in [-0.4, -0.2) is 8.42 Å². The lowest BCUT2D eigenvalue weighted by Gasteiger charge is -2.08. The first-order valence-electron chi connectivity index (χ1n) is 6.07. The average molecular weight is 275 g/mol. The molecular formula is C15H17NO2S. The number of aryl methyl sites for hydroxylation is 2. The molecule has 0 bridgehead atoms. The van der Waals surface area contributed by atoms with Crippen LogP contribution in [0, 0.1) is 13.8 Å². The molecule has 2 aromatic rings. The van der Waals surface area contributed by atoms with E-state index in [0.717, 1.165) is 16.7 Å². The predicted molar refractivity (Wildman–Crippen MR) is 78.6 cm³/mol. The third-order valence-electron chi connectivity index (χ3n) is 2.76. The number of nitrogens with one attached hydrogen (secondary N) is 1. The molecule has 0 aromatic heterocycles. The van der Waals surface area contributed by atoms with Gasteiger partial charge in [-0.25, -0.2) is 8.42 Å². The van der Waals surface area contributed by atoms with Gasteiger partial charge in [-0.05, 0) is 31.5 Å². The minimum atomic E-state index is -3.37. The van der Waals surface area contributed by atoms with Crippen LogP contribution in [0.3, 0.4) is 0 Å². The van der Waals surface area contributed by atoms with Gasteiger partial charge in [-0.3, -0.25) is 4.72 Å². The van der Waals surface area contributed by atoms with E-state index in [1.54, 1.807) is 12.1 Å². The van der Waals surface area contributed by atoms with Crippen molar-refractivity contribution >= 4 is 15.7 Å². The van der Waals surface area contributed by atoms with Crippen LogP contribution < -0.4 is 4.72 Å². The summed E-state index contributed by atoms with van der Waals surface area (Å²) in [5, 5.41) is 0. The Bertz CT molecular complexity index is 661. The summed E-state index contributed by atoms with van der Waals surface area (Å²) in [6, 6.07) is 14.8. The van der Waals surface area contributed by atoms with Gasteiger partial charge in [0.05, 0.1) is 5.75 Å². The SMILES string of the molecule is Cc1ccc(NS(=O)(=O)Cc2cccc(C)c2)cc1. The molecule has 3 nitrogen and oxygen atoms in total. The second-order valence-electron chi connectivity index (χ2n) is 4.72. The van der Waals surface area contributed by atoms with Crippen LogP contribution in [0.25, 0.3) is 0 Å².